The Morgan fingerprint density at radius 1 is 1.30 bits per heavy atom. The van der Waals surface area contributed by atoms with Crippen molar-refractivity contribution in [1.82, 2.24) is 4.98 Å². The third kappa shape index (κ3) is 3.12. The van der Waals surface area contributed by atoms with Crippen LogP contribution in [0.25, 0.3) is 0 Å². The van der Waals surface area contributed by atoms with Gasteiger partial charge in [0.15, 0.2) is 5.69 Å². The molecule has 0 amide bonds. The van der Waals surface area contributed by atoms with E-state index in [0.717, 1.165) is 5.56 Å². The molecule has 100 valence electrons. The second kappa shape index (κ2) is 6.34. The lowest BCUT2D eigenvalue weighted by Gasteiger charge is -2.09. The van der Waals surface area contributed by atoms with Crippen LogP contribution in [0.5, 0.6) is 0 Å². The molecule has 0 unspecified atom stereocenters. The van der Waals surface area contributed by atoms with E-state index in [2.05, 4.69) is 10.3 Å². The van der Waals surface area contributed by atoms with E-state index in [-0.39, 0.29) is 0 Å². The highest BCUT2D eigenvalue weighted by Crippen LogP contribution is 2.13. The van der Waals surface area contributed by atoms with Crippen molar-refractivity contribution in [2.75, 3.05) is 11.9 Å². The van der Waals surface area contributed by atoms with Gasteiger partial charge in [0.25, 0.3) is 0 Å². The van der Waals surface area contributed by atoms with Crippen molar-refractivity contribution < 1.29 is 9.90 Å². The maximum Gasteiger partial charge on any atom is 0.335 e. The van der Waals surface area contributed by atoms with Gasteiger partial charge in [-0.15, -0.1) is 0 Å². The van der Waals surface area contributed by atoms with Gasteiger partial charge in [-0.25, -0.2) is 9.78 Å². The van der Waals surface area contributed by atoms with Gasteiger partial charge in [0.2, 0.25) is 0 Å². The molecular weight excluding hydrogens is 254 g/mol. The summed E-state index contributed by atoms with van der Waals surface area (Å²) in [6.45, 7) is 0.532. The topological polar surface area (TPSA) is 86.0 Å². The number of pyridine rings is 1. The predicted molar refractivity (Wildman–Crippen MR) is 74.5 cm³/mol. The molecule has 0 saturated carbocycles. The van der Waals surface area contributed by atoms with Crippen LogP contribution in [0, 0.1) is 11.3 Å². The number of aromatic carboxylic acids is 1. The minimum Gasteiger partial charge on any atom is -0.478 e. The van der Waals surface area contributed by atoms with E-state index < -0.39 is 5.97 Å². The van der Waals surface area contributed by atoms with Gasteiger partial charge in [0, 0.05) is 12.7 Å². The van der Waals surface area contributed by atoms with Gasteiger partial charge in [-0.05, 0) is 30.2 Å². The van der Waals surface area contributed by atoms with Gasteiger partial charge < -0.3 is 10.4 Å². The van der Waals surface area contributed by atoms with Crippen molar-refractivity contribution in [1.29, 1.82) is 5.26 Å². The first-order chi connectivity index (χ1) is 9.72. The Morgan fingerprint density at radius 3 is 2.85 bits per heavy atom. The standard InChI is InChI=1S/C15H13N3O2/c16-10-14-13(6-3-8-17-14)18-9-7-11-4-1-2-5-12(11)15(19)20/h1-6,8,18H,7,9H2,(H,19,20). The van der Waals surface area contributed by atoms with Crippen LogP contribution in [0.1, 0.15) is 21.6 Å². The number of carboxylic acid groups (broad SMARTS) is 1. The zero-order valence-corrected chi connectivity index (χ0v) is 10.7. The number of hydrogen-bond donors (Lipinski definition) is 2. The van der Waals surface area contributed by atoms with Gasteiger partial charge >= 0.3 is 5.97 Å². The summed E-state index contributed by atoms with van der Waals surface area (Å²) >= 11 is 0. The van der Waals surface area contributed by atoms with Crippen LogP contribution in [0.15, 0.2) is 42.6 Å². The molecule has 0 saturated heterocycles. The molecule has 0 fully saturated rings. The van der Waals surface area contributed by atoms with E-state index in [1.54, 1.807) is 36.5 Å². The Balaban J connectivity index is 2.04. The number of carbonyl (C=O) groups is 1. The van der Waals surface area contributed by atoms with Crippen molar-refractivity contribution in [3.63, 3.8) is 0 Å². The summed E-state index contributed by atoms with van der Waals surface area (Å²) in [5.74, 6) is -0.931. The number of nitrogens with zero attached hydrogens (tertiary/aromatic N) is 2. The van der Waals surface area contributed by atoms with Gasteiger partial charge in [-0.1, -0.05) is 18.2 Å². The molecule has 20 heavy (non-hydrogen) atoms. The molecule has 2 aromatic rings. The van der Waals surface area contributed by atoms with Crippen LogP contribution in [0.2, 0.25) is 0 Å². The molecule has 0 bridgehead atoms. The minimum absolute atomic E-state index is 0.306. The molecular formula is C15H13N3O2. The average Bonchev–Trinajstić information content (AvgIpc) is 2.48. The Morgan fingerprint density at radius 2 is 2.10 bits per heavy atom. The van der Waals surface area contributed by atoms with E-state index in [4.69, 9.17) is 10.4 Å². The number of rotatable bonds is 5. The predicted octanol–water partition coefficient (Wildman–Crippen LogP) is 2.31. The van der Waals surface area contributed by atoms with Crippen molar-refractivity contribution >= 4 is 11.7 Å². The van der Waals surface area contributed by atoms with Gasteiger partial charge in [0.1, 0.15) is 6.07 Å². The van der Waals surface area contributed by atoms with Crippen LogP contribution in [-0.4, -0.2) is 22.6 Å². The summed E-state index contributed by atoms with van der Waals surface area (Å²) in [4.78, 5) is 15.0. The van der Waals surface area contributed by atoms with Crippen molar-refractivity contribution in [2.24, 2.45) is 0 Å². The van der Waals surface area contributed by atoms with Gasteiger partial charge in [-0.3, -0.25) is 0 Å². The van der Waals surface area contributed by atoms with Gasteiger partial charge in [-0.2, -0.15) is 5.26 Å². The number of carboxylic acids is 1. The third-order valence-electron chi connectivity index (χ3n) is 2.87. The monoisotopic (exact) mass is 267 g/mol. The number of nitriles is 1. The smallest absolute Gasteiger partial charge is 0.335 e. The summed E-state index contributed by atoms with van der Waals surface area (Å²) in [6, 6.07) is 12.4. The molecule has 1 heterocycles. The van der Waals surface area contributed by atoms with Crippen LogP contribution in [0.4, 0.5) is 5.69 Å². The molecule has 5 heteroatoms. The largest absolute Gasteiger partial charge is 0.478 e. The lowest BCUT2D eigenvalue weighted by Crippen LogP contribution is -2.10. The first kappa shape index (κ1) is 13.6. The molecule has 0 aliphatic carbocycles. The lowest BCUT2D eigenvalue weighted by molar-refractivity contribution is 0.0695. The Labute approximate surface area is 116 Å². The molecule has 2 N–H and O–H groups in total. The van der Waals surface area contributed by atoms with E-state index in [0.29, 0.717) is 29.9 Å². The summed E-state index contributed by atoms with van der Waals surface area (Å²) in [6.07, 6.45) is 2.12. The number of anilines is 1. The van der Waals surface area contributed by atoms with E-state index in [1.165, 1.54) is 0 Å². The summed E-state index contributed by atoms with van der Waals surface area (Å²) in [7, 11) is 0. The highest BCUT2D eigenvalue weighted by atomic mass is 16.4. The summed E-state index contributed by atoms with van der Waals surface area (Å²) < 4.78 is 0. The van der Waals surface area contributed by atoms with Crippen LogP contribution in [-0.2, 0) is 6.42 Å². The van der Waals surface area contributed by atoms with Gasteiger partial charge in [0.05, 0.1) is 11.3 Å². The quantitative estimate of drug-likeness (QED) is 0.868. The van der Waals surface area contributed by atoms with Crippen LogP contribution in [0.3, 0.4) is 0 Å². The second-order valence-corrected chi connectivity index (χ2v) is 4.15. The molecule has 0 atom stereocenters. The first-order valence-corrected chi connectivity index (χ1v) is 6.12. The molecule has 5 nitrogen and oxygen atoms in total. The minimum atomic E-state index is -0.931. The number of nitrogens with one attached hydrogen (secondary N) is 1. The fraction of sp³-hybridized carbons (Fsp3) is 0.133. The fourth-order valence-corrected chi connectivity index (χ4v) is 1.92. The molecule has 1 aromatic carbocycles. The molecule has 0 aliphatic rings. The molecule has 0 radical (unpaired) electrons. The highest BCUT2D eigenvalue weighted by molar-refractivity contribution is 5.89. The summed E-state index contributed by atoms with van der Waals surface area (Å²) in [5, 5.41) is 21.1. The number of hydrogen-bond acceptors (Lipinski definition) is 4. The average molecular weight is 267 g/mol. The van der Waals surface area contributed by atoms with Crippen molar-refractivity contribution in [2.45, 2.75) is 6.42 Å². The Bertz CT molecular complexity index is 662. The highest BCUT2D eigenvalue weighted by Gasteiger charge is 2.08. The SMILES string of the molecule is N#Cc1ncccc1NCCc1ccccc1C(=O)O. The normalized spacial score (nSPS) is 9.75. The van der Waals surface area contributed by atoms with Crippen molar-refractivity contribution in [3.05, 3.63) is 59.4 Å². The Hall–Kier alpha value is -2.87. The van der Waals surface area contributed by atoms with E-state index in [9.17, 15) is 4.79 Å². The third-order valence-corrected chi connectivity index (χ3v) is 2.87. The maximum absolute atomic E-state index is 11.1. The molecule has 2 rings (SSSR count). The fourth-order valence-electron chi connectivity index (χ4n) is 1.92. The van der Waals surface area contributed by atoms with Crippen LogP contribution >= 0.6 is 0 Å². The molecule has 0 aliphatic heterocycles. The lowest BCUT2D eigenvalue weighted by atomic mass is 10.0. The summed E-state index contributed by atoms with van der Waals surface area (Å²) in [5.41, 5.74) is 2.05. The number of aromatic nitrogens is 1. The first-order valence-electron chi connectivity index (χ1n) is 6.12. The molecule has 0 spiro atoms. The zero-order chi connectivity index (χ0) is 14.4. The maximum atomic E-state index is 11.1. The van der Waals surface area contributed by atoms with Crippen molar-refractivity contribution in [3.8, 4) is 6.07 Å². The second-order valence-electron chi connectivity index (χ2n) is 4.15. The number of benzene rings is 1. The van der Waals surface area contributed by atoms with E-state index >= 15 is 0 Å². The van der Waals surface area contributed by atoms with Crippen LogP contribution < -0.4 is 5.32 Å². The van der Waals surface area contributed by atoms with E-state index in [1.807, 2.05) is 12.1 Å². The Kier molecular flexibility index (Phi) is 4.30. The molecule has 1 aromatic heterocycles. The zero-order valence-electron chi connectivity index (χ0n) is 10.7.